The minimum atomic E-state index is -0.0230. The van der Waals surface area contributed by atoms with Gasteiger partial charge < -0.3 is 5.32 Å². The van der Waals surface area contributed by atoms with E-state index in [1.54, 1.807) is 11.3 Å². The first-order valence-corrected chi connectivity index (χ1v) is 6.98. The highest BCUT2D eigenvalue weighted by atomic mass is 35.5. The Hall–Kier alpha value is -1.06. The van der Waals surface area contributed by atoms with Crippen LogP contribution in [0.2, 0.25) is 0 Å². The van der Waals surface area contributed by atoms with Crippen LogP contribution in [-0.2, 0) is 6.42 Å². The van der Waals surface area contributed by atoms with Gasteiger partial charge in [0.25, 0.3) is 0 Å². The van der Waals surface area contributed by atoms with Gasteiger partial charge in [0.15, 0.2) is 5.13 Å². The van der Waals surface area contributed by atoms with Gasteiger partial charge in [0.05, 0.1) is 11.1 Å². The predicted molar refractivity (Wildman–Crippen MR) is 75.0 cm³/mol. The predicted octanol–water partition coefficient (Wildman–Crippen LogP) is 4.10. The van der Waals surface area contributed by atoms with Crippen molar-refractivity contribution in [2.75, 3.05) is 11.9 Å². The van der Waals surface area contributed by atoms with E-state index in [4.69, 9.17) is 11.6 Å². The largest absolute Gasteiger partial charge is 0.360 e. The van der Waals surface area contributed by atoms with Crippen LogP contribution in [0.4, 0.5) is 5.13 Å². The Balaban J connectivity index is 1.90. The molecule has 4 heteroatoms. The molecule has 0 aliphatic heterocycles. The van der Waals surface area contributed by atoms with Crippen LogP contribution in [0.3, 0.4) is 0 Å². The lowest BCUT2D eigenvalue weighted by Crippen LogP contribution is -2.07. The first-order chi connectivity index (χ1) is 8.29. The molecular formula is C13H15ClN2S. The molecule has 0 aliphatic carbocycles. The van der Waals surface area contributed by atoms with E-state index in [0.717, 1.165) is 22.8 Å². The van der Waals surface area contributed by atoms with Crippen LogP contribution in [0, 0.1) is 0 Å². The molecule has 0 fully saturated rings. The maximum Gasteiger partial charge on any atom is 0.182 e. The maximum absolute atomic E-state index is 6.31. The number of halogens is 1. The van der Waals surface area contributed by atoms with Gasteiger partial charge in [0.2, 0.25) is 0 Å². The molecule has 1 heterocycles. The first-order valence-electron chi connectivity index (χ1n) is 5.67. The summed E-state index contributed by atoms with van der Waals surface area (Å²) in [6, 6.07) is 10.1. The molecule has 0 radical (unpaired) electrons. The number of alkyl halides is 1. The monoisotopic (exact) mass is 266 g/mol. The number of nitrogens with zero attached hydrogens (tertiary/aromatic N) is 1. The van der Waals surface area contributed by atoms with Crippen LogP contribution in [0.1, 0.15) is 23.6 Å². The Bertz CT molecular complexity index is 455. The number of nitrogens with one attached hydrogen (secondary N) is 1. The quantitative estimate of drug-likeness (QED) is 0.825. The van der Waals surface area contributed by atoms with Crippen LogP contribution in [0.25, 0.3) is 0 Å². The first kappa shape index (κ1) is 12.4. The molecule has 0 saturated heterocycles. The number of benzene rings is 1. The third-order valence-electron chi connectivity index (χ3n) is 2.51. The lowest BCUT2D eigenvalue weighted by atomic mass is 10.1. The summed E-state index contributed by atoms with van der Waals surface area (Å²) in [6.07, 6.45) is 0.973. The average molecular weight is 267 g/mol. The number of anilines is 1. The van der Waals surface area contributed by atoms with E-state index >= 15 is 0 Å². The zero-order valence-corrected chi connectivity index (χ0v) is 11.3. The van der Waals surface area contributed by atoms with Crippen LogP contribution in [0.15, 0.2) is 35.7 Å². The highest BCUT2D eigenvalue weighted by Crippen LogP contribution is 2.22. The van der Waals surface area contributed by atoms with Gasteiger partial charge in [-0.05, 0) is 12.0 Å². The molecule has 1 aromatic heterocycles. The van der Waals surface area contributed by atoms with Gasteiger partial charge in [-0.1, -0.05) is 37.3 Å². The van der Waals surface area contributed by atoms with Crippen molar-refractivity contribution in [2.45, 2.75) is 18.7 Å². The molecule has 0 bridgehead atoms. The molecule has 1 atom stereocenters. The summed E-state index contributed by atoms with van der Waals surface area (Å²) in [7, 11) is 0. The zero-order valence-electron chi connectivity index (χ0n) is 9.69. The van der Waals surface area contributed by atoms with Crippen LogP contribution >= 0.6 is 22.9 Å². The molecule has 2 aromatic rings. The van der Waals surface area contributed by atoms with Gasteiger partial charge >= 0.3 is 0 Å². The van der Waals surface area contributed by atoms with Crippen molar-refractivity contribution in [3.8, 4) is 0 Å². The van der Waals surface area contributed by atoms with E-state index in [1.165, 1.54) is 0 Å². The minimum absolute atomic E-state index is 0.0230. The topological polar surface area (TPSA) is 24.9 Å². The van der Waals surface area contributed by atoms with E-state index in [9.17, 15) is 0 Å². The van der Waals surface area contributed by atoms with Gasteiger partial charge in [-0.2, -0.15) is 0 Å². The van der Waals surface area contributed by atoms with Crippen molar-refractivity contribution in [3.05, 3.63) is 47.0 Å². The Morgan fingerprint density at radius 3 is 2.76 bits per heavy atom. The van der Waals surface area contributed by atoms with Gasteiger partial charge in [-0.15, -0.1) is 22.9 Å². The molecular weight excluding hydrogens is 252 g/mol. The molecule has 0 amide bonds. The third kappa shape index (κ3) is 3.45. The van der Waals surface area contributed by atoms with Crippen LogP contribution in [-0.4, -0.2) is 11.5 Å². The summed E-state index contributed by atoms with van der Waals surface area (Å²) in [5.41, 5.74) is 2.26. The normalized spacial score (nSPS) is 12.4. The van der Waals surface area contributed by atoms with Crippen molar-refractivity contribution in [2.24, 2.45) is 0 Å². The zero-order chi connectivity index (χ0) is 12.1. The lowest BCUT2D eigenvalue weighted by Gasteiger charge is -2.10. The summed E-state index contributed by atoms with van der Waals surface area (Å²) in [5.74, 6) is 0. The van der Waals surface area contributed by atoms with Crippen molar-refractivity contribution < 1.29 is 0 Å². The number of hydrogen-bond acceptors (Lipinski definition) is 3. The second-order valence-electron chi connectivity index (χ2n) is 3.76. The summed E-state index contributed by atoms with van der Waals surface area (Å²) in [6.45, 7) is 2.80. The molecule has 17 heavy (non-hydrogen) atoms. The summed E-state index contributed by atoms with van der Waals surface area (Å²) >= 11 is 7.94. The highest BCUT2D eigenvalue weighted by Gasteiger charge is 2.08. The van der Waals surface area contributed by atoms with Gasteiger partial charge in [-0.25, -0.2) is 4.98 Å². The molecule has 2 rings (SSSR count). The van der Waals surface area contributed by atoms with Gasteiger partial charge in [-0.3, -0.25) is 0 Å². The summed E-state index contributed by atoms with van der Waals surface area (Å²) in [5, 5.41) is 6.28. The highest BCUT2D eigenvalue weighted by molar-refractivity contribution is 7.13. The second-order valence-corrected chi connectivity index (χ2v) is 5.14. The molecule has 1 N–H and O–H groups in total. The molecule has 1 aromatic carbocycles. The molecule has 0 spiro atoms. The minimum Gasteiger partial charge on any atom is -0.360 e. The number of thiazole rings is 1. The van der Waals surface area contributed by atoms with Crippen LogP contribution in [0.5, 0.6) is 0 Å². The lowest BCUT2D eigenvalue weighted by molar-refractivity contribution is 0.967. The molecule has 0 aliphatic rings. The molecule has 2 nitrogen and oxygen atoms in total. The smallest absolute Gasteiger partial charge is 0.182 e. The van der Waals surface area contributed by atoms with E-state index in [-0.39, 0.29) is 5.38 Å². The van der Waals surface area contributed by atoms with E-state index in [1.807, 2.05) is 30.3 Å². The fourth-order valence-electron chi connectivity index (χ4n) is 1.51. The van der Waals surface area contributed by atoms with Crippen molar-refractivity contribution >= 4 is 28.1 Å². The van der Waals surface area contributed by atoms with E-state index in [2.05, 4.69) is 22.6 Å². The Morgan fingerprint density at radius 2 is 2.12 bits per heavy atom. The Kier molecular flexibility index (Phi) is 4.40. The molecule has 90 valence electrons. The Labute approximate surface area is 111 Å². The van der Waals surface area contributed by atoms with Crippen molar-refractivity contribution in [1.82, 2.24) is 4.98 Å². The number of rotatable bonds is 5. The van der Waals surface area contributed by atoms with Crippen molar-refractivity contribution in [3.63, 3.8) is 0 Å². The number of aromatic nitrogens is 1. The average Bonchev–Trinajstić information content (AvgIpc) is 2.85. The summed E-state index contributed by atoms with van der Waals surface area (Å²) in [4.78, 5) is 4.44. The third-order valence-corrected chi connectivity index (χ3v) is 3.76. The number of aryl methyl sites for hydroxylation is 1. The maximum atomic E-state index is 6.31. The van der Waals surface area contributed by atoms with Gasteiger partial charge in [0, 0.05) is 11.9 Å². The second kappa shape index (κ2) is 6.03. The fraction of sp³-hybridized carbons (Fsp3) is 0.308. The van der Waals surface area contributed by atoms with Crippen LogP contribution < -0.4 is 5.32 Å². The number of hydrogen-bond donors (Lipinski definition) is 1. The van der Waals surface area contributed by atoms with Gasteiger partial charge in [0.1, 0.15) is 0 Å². The molecule has 0 saturated carbocycles. The summed E-state index contributed by atoms with van der Waals surface area (Å²) < 4.78 is 0. The van der Waals surface area contributed by atoms with Crippen molar-refractivity contribution in [1.29, 1.82) is 0 Å². The molecule has 1 unspecified atom stereocenters. The fourth-order valence-corrected chi connectivity index (χ4v) is 2.53. The van der Waals surface area contributed by atoms with E-state index < -0.39 is 0 Å². The standard InChI is InChI=1S/C13H15ClN2S/c1-2-11-9-17-13(16-11)15-8-12(14)10-6-4-3-5-7-10/h3-7,9,12H,2,8H2,1H3,(H,15,16). The van der Waals surface area contributed by atoms with E-state index in [0.29, 0.717) is 6.54 Å². The SMILES string of the molecule is CCc1csc(NCC(Cl)c2ccccc2)n1. The Morgan fingerprint density at radius 1 is 1.35 bits per heavy atom.